The number of nitrogens with zero attached hydrogens (tertiary/aromatic N) is 3. The summed E-state index contributed by atoms with van der Waals surface area (Å²) in [5.41, 5.74) is 10.6. The minimum absolute atomic E-state index is 0.411. The van der Waals surface area contributed by atoms with Gasteiger partial charge in [0, 0.05) is 11.5 Å². The molecule has 0 saturated heterocycles. The van der Waals surface area contributed by atoms with Crippen LogP contribution in [0.4, 0.5) is 0 Å². The van der Waals surface area contributed by atoms with Crippen LogP contribution in [0.5, 0.6) is 0 Å². The average molecular weight is 215 g/mol. The second kappa shape index (κ2) is 7.55. The van der Waals surface area contributed by atoms with Gasteiger partial charge in [0.2, 0.25) is 0 Å². The van der Waals surface area contributed by atoms with E-state index >= 15 is 0 Å². The number of azide groups is 1. The Morgan fingerprint density at radius 1 is 1.31 bits per heavy atom. The van der Waals surface area contributed by atoms with Crippen molar-refractivity contribution in [2.45, 2.75) is 26.2 Å². The minimum atomic E-state index is 0.411. The van der Waals surface area contributed by atoms with Crippen LogP contribution in [0.1, 0.15) is 30.9 Å². The summed E-state index contributed by atoms with van der Waals surface area (Å²) in [5, 5.41) is 3.44. The Hall–Kier alpha value is -1.73. The fourth-order valence-corrected chi connectivity index (χ4v) is 1.45. The van der Waals surface area contributed by atoms with Crippen LogP contribution in [-0.2, 0) is 6.42 Å². The first-order chi connectivity index (χ1) is 7.86. The predicted octanol–water partition coefficient (Wildman–Crippen LogP) is 4.35. The number of benzene rings is 1. The summed E-state index contributed by atoms with van der Waals surface area (Å²) in [4.78, 5) is 2.69. The van der Waals surface area contributed by atoms with E-state index in [1.807, 2.05) is 12.2 Å². The lowest BCUT2D eigenvalue weighted by atomic mass is 10.1. The summed E-state index contributed by atoms with van der Waals surface area (Å²) in [7, 11) is 0. The molecule has 0 aliphatic rings. The molecule has 0 atom stereocenters. The van der Waals surface area contributed by atoms with Gasteiger partial charge in [-0.25, -0.2) is 0 Å². The molecule has 0 heterocycles. The molecule has 1 aromatic rings. The standard InChI is InChI=1S/C13H17N3/c1-2-3-5-12-7-9-13(10-8-12)6-4-11-15-16-14/h4,6-10H,2-3,5,11H2,1H3. The summed E-state index contributed by atoms with van der Waals surface area (Å²) < 4.78 is 0. The van der Waals surface area contributed by atoms with Crippen molar-refractivity contribution in [1.82, 2.24) is 0 Å². The Balaban J connectivity index is 2.50. The summed E-state index contributed by atoms with van der Waals surface area (Å²) in [6.07, 6.45) is 7.46. The van der Waals surface area contributed by atoms with Crippen molar-refractivity contribution in [2.24, 2.45) is 5.11 Å². The topological polar surface area (TPSA) is 48.8 Å². The van der Waals surface area contributed by atoms with Crippen LogP contribution in [0.2, 0.25) is 0 Å². The summed E-state index contributed by atoms with van der Waals surface area (Å²) >= 11 is 0. The summed E-state index contributed by atoms with van der Waals surface area (Å²) in [6, 6.07) is 8.50. The van der Waals surface area contributed by atoms with Crippen molar-refractivity contribution in [3.05, 3.63) is 51.9 Å². The molecule has 0 amide bonds. The van der Waals surface area contributed by atoms with Gasteiger partial charge >= 0.3 is 0 Å². The van der Waals surface area contributed by atoms with E-state index < -0.39 is 0 Å². The van der Waals surface area contributed by atoms with E-state index in [1.54, 1.807) is 0 Å². The fraction of sp³-hybridized carbons (Fsp3) is 0.385. The molecule has 0 N–H and O–H groups in total. The zero-order valence-corrected chi connectivity index (χ0v) is 9.63. The minimum Gasteiger partial charge on any atom is -0.0899 e. The van der Waals surface area contributed by atoms with Crippen LogP contribution >= 0.6 is 0 Å². The molecule has 0 radical (unpaired) electrons. The monoisotopic (exact) mass is 215 g/mol. The van der Waals surface area contributed by atoms with E-state index in [0.29, 0.717) is 6.54 Å². The highest BCUT2D eigenvalue weighted by atomic mass is 15.1. The number of aryl methyl sites for hydroxylation is 1. The molecule has 1 aromatic carbocycles. The third kappa shape index (κ3) is 4.67. The van der Waals surface area contributed by atoms with Crippen LogP contribution in [-0.4, -0.2) is 6.54 Å². The first-order valence-electron chi connectivity index (χ1n) is 5.63. The van der Waals surface area contributed by atoms with Gasteiger partial charge in [-0.2, -0.15) is 0 Å². The lowest BCUT2D eigenvalue weighted by Gasteiger charge is -2.00. The second-order valence-electron chi connectivity index (χ2n) is 3.66. The smallest absolute Gasteiger partial charge is 0.0443 e. The van der Waals surface area contributed by atoms with Gasteiger partial charge in [0.15, 0.2) is 0 Å². The van der Waals surface area contributed by atoms with E-state index in [-0.39, 0.29) is 0 Å². The first-order valence-corrected chi connectivity index (χ1v) is 5.63. The van der Waals surface area contributed by atoms with Crippen LogP contribution in [0.15, 0.2) is 35.5 Å². The zero-order chi connectivity index (χ0) is 11.6. The van der Waals surface area contributed by atoms with Gasteiger partial charge in [0.05, 0.1) is 0 Å². The molecule has 3 heteroatoms. The lowest BCUT2D eigenvalue weighted by Crippen LogP contribution is -1.84. The van der Waals surface area contributed by atoms with Crippen LogP contribution < -0.4 is 0 Å². The quantitative estimate of drug-likeness (QED) is 0.385. The largest absolute Gasteiger partial charge is 0.0899 e. The Labute approximate surface area is 96.4 Å². The van der Waals surface area contributed by atoms with Crippen molar-refractivity contribution in [2.75, 3.05) is 6.54 Å². The molecule has 0 bridgehead atoms. The maximum absolute atomic E-state index is 8.11. The van der Waals surface area contributed by atoms with Gasteiger partial charge in [-0.3, -0.25) is 0 Å². The second-order valence-corrected chi connectivity index (χ2v) is 3.66. The molecular formula is C13H17N3. The molecule has 3 nitrogen and oxygen atoms in total. The van der Waals surface area contributed by atoms with E-state index in [4.69, 9.17) is 5.53 Å². The van der Waals surface area contributed by atoms with Crippen molar-refractivity contribution >= 4 is 6.08 Å². The summed E-state index contributed by atoms with van der Waals surface area (Å²) in [6.45, 7) is 2.61. The van der Waals surface area contributed by atoms with Crippen molar-refractivity contribution in [3.63, 3.8) is 0 Å². The van der Waals surface area contributed by atoms with Crippen molar-refractivity contribution in [3.8, 4) is 0 Å². The molecule has 0 aliphatic carbocycles. The average Bonchev–Trinajstić information content (AvgIpc) is 2.33. The highest BCUT2D eigenvalue weighted by molar-refractivity contribution is 5.49. The van der Waals surface area contributed by atoms with E-state index in [9.17, 15) is 0 Å². The van der Waals surface area contributed by atoms with E-state index in [1.165, 1.54) is 18.4 Å². The van der Waals surface area contributed by atoms with Crippen molar-refractivity contribution < 1.29 is 0 Å². The Morgan fingerprint density at radius 2 is 2.06 bits per heavy atom. The molecule has 0 aromatic heterocycles. The van der Waals surface area contributed by atoms with Gasteiger partial charge < -0.3 is 0 Å². The van der Waals surface area contributed by atoms with Gasteiger partial charge in [-0.1, -0.05) is 54.9 Å². The summed E-state index contributed by atoms with van der Waals surface area (Å²) in [5.74, 6) is 0. The number of unbranched alkanes of at least 4 members (excludes halogenated alkanes) is 1. The molecule has 0 saturated carbocycles. The van der Waals surface area contributed by atoms with Crippen molar-refractivity contribution in [1.29, 1.82) is 0 Å². The van der Waals surface area contributed by atoms with Gasteiger partial charge in [0.1, 0.15) is 0 Å². The third-order valence-corrected chi connectivity index (χ3v) is 2.36. The Morgan fingerprint density at radius 3 is 2.69 bits per heavy atom. The Bertz CT molecular complexity index is 373. The maximum atomic E-state index is 8.11. The molecule has 0 unspecified atom stereocenters. The van der Waals surface area contributed by atoms with Crippen LogP contribution in [0, 0.1) is 0 Å². The van der Waals surface area contributed by atoms with Gasteiger partial charge in [-0.05, 0) is 29.5 Å². The zero-order valence-electron chi connectivity index (χ0n) is 9.63. The molecule has 0 spiro atoms. The van der Waals surface area contributed by atoms with Gasteiger partial charge in [-0.15, -0.1) is 0 Å². The van der Waals surface area contributed by atoms with E-state index in [2.05, 4.69) is 41.2 Å². The molecular weight excluding hydrogens is 198 g/mol. The molecule has 0 aliphatic heterocycles. The predicted molar refractivity (Wildman–Crippen MR) is 68.1 cm³/mol. The number of rotatable bonds is 6. The van der Waals surface area contributed by atoms with Crippen LogP contribution in [0.3, 0.4) is 0 Å². The Kier molecular flexibility index (Phi) is 5.82. The first kappa shape index (κ1) is 12.3. The maximum Gasteiger partial charge on any atom is 0.0443 e. The highest BCUT2D eigenvalue weighted by Crippen LogP contribution is 2.09. The fourth-order valence-electron chi connectivity index (χ4n) is 1.45. The molecule has 16 heavy (non-hydrogen) atoms. The SMILES string of the molecule is CCCCc1ccc(C=CCN=[N+]=[N-])cc1. The normalized spacial score (nSPS) is 10.3. The molecule has 0 fully saturated rings. The number of hydrogen-bond acceptors (Lipinski definition) is 1. The third-order valence-electron chi connectivity index (χ3n) is 2.36. The highest BCUT2D eigenvalue weighted by Gasteiger charge is 1.91. The lowest BCUT2D eigenvalue weighted by molar-refractivity contribution is 0.795. The molecule has 1 rings (SSSR count). The van der Waals surface area contributed by atoms with Gasteiger partial charge in [0.25, 0.3) is 0 Å². The number of hydrogen-bond donors (Lipinski definition) is 0. The van der Waals surface area contributed by atoms with E-state index in [0.717, 1.165) is 12.0 Å². The molecule has 84 valence electrons. The van der Waals surface area contributed by atoms with Crippen LogP contribution in [0.25, 0.3) is 16.5 Å².